The summed E-state index contributed by atoms with van der Waals surface area (Å²) >= 11 is 1.85. The maximum absolute atomic E-state index is 9.38. The molecule has 8 rings (SSSR count). The van der Waals surface area contributed by atoms with Crippen LogP contribution < -0.4 is 0 Å². The summed E-state index contributed by atoms with van der Waals surface area (Å²) in [6, 6.07) is 44.8. The van der Waals surface area contributed by atoms with Gasteiger partial charge in [-0.05, 0) is 94.0 Å². The summed E-state index contributed by atoms with van der Waals surface area (Å²) in [5, 5.41) is 11.5. The van der Waals surface area contributed by atoms with Gasteiger partial charge in [-0.15, -0.1) is 0 Å². The van der Waals surface area contributed by atoms with Crippen molar-refractivity contribution in [2.75, 3.05) is 0 Å². The average molecular weight is 582 g/mol. The van der Waals surface area contributed by atoms with E-state index >= 15 is 0 Å². The molecule has 0 atom stereocenters. The first-order chi connectivity index (χ1) is 21.5. The van der Waals surface area contributed by atoms with Crippen LogP contribution in [0.3, 0.4) is 0 Å². The van der Waals surface area contributed by atoms with Crippen LogP contribution in [0.1, 0.15) is 30.5 Å². The van der Waals surface area contributed by atoms with Gasteiger partial charge >= 0.3 is 0 Å². The van der Waals surface area contributed by atoms with Gasteiger partial charge in [-0.2, -0.15) is 5.26 Å². The molecule has 0 radical (unpaired) electrons. The van der Waals surface area contributed by atoms with E-state index in [0.717, 1.165) is 49.8 Å². The highest BCUT2D eigenvalue weighted by Crippen LogP contribution is 2.50. The molecule has 3 nitrogen and oxygen atoms in total. The number of benzene rings is 5. The van der Waals surface area contributed by atoms with Gasteiger partial charge < -0.3 is 0 Å². The molecule has 2 aromatic heterocycles. The maximum Gasteiger partial charge on any atom is 0.0991 e. The molecule has 7 aromatic rings. The molecule has 1 aliphatic heterocycles. The fourth-order valence-corrected chi connectivity index (χ4v) is 7.73. The number of hydrogen-bond acceptors (Lipinski definition) is 4. The predicted octanol–water partition coefficient (Wildman–Crippen LogP) is 10.4. The Bertz CT molecular complexity index is 2290. The van der Waals surface area contributed by atoms with Gasteiger partial charge in [0, 0.05) is 37.7 Å². The van der Waals surface area contributed by atoms with Crippen LogP contribution in [-0.2, 0) is 5.41 Å². The molecule has 0 N–H and O–H groups in total. The summed E-state index contributed by atoms with van der Waals surface area (Å²) in [4.78, 5) is 12.5. The lowest BCUT2D eigenvalue weighted by Gasteiger charge is -2.35. The lowest BCUT2D eigenvalue weighted by Crippen LogP contribution is -2.23. The zero-order chi connectivity index (χ0) is 29.8. The Morgan fingerprint density at radius 2 is 1.27 bits per heavy atom. The van der Waals surface area contributed by atoms with E-state index in [1.807, 2.05) is 48.3 Å². The predicted molar refractivity (Wildman–Crippen MR) is 181 cm³/mol. The van der Waals surface area contributed by atoms with Crippen molar-refractivity contribution in [1.29, 1.82) is 5.26 Å². The van der Waals surface area contributed by atoms with Crippen LogP contribution >= 0.6 is 11.8 Å². The Labute approximate surface area is 260 Å². The molecule has 1 aliphatic rings. The highest BCUT2D eigenvalue weighted by atomic mass is 32.2. The standard InChI is InChI=1S/C40H27N3S/c1-40(2)33-7-3-4-8-36(33)44-37-18-16-29(23-34(37)40)31-20-30(26-11-9-25(24-41)10-12-26)21-32(22-31)35-17-15-28-14-13-27-6-5-19-42-38(27)39(28)43-35/h3-23H,1-2H3. The SMILES string of the molecule is CC1(C)c2ccccc2Sc2ccc(-c3cc(-c4ccc(C#N)cc4)cc(-c4ccc5ccc6cccnc6c5n4)c3)cc21. The third-order valence-corrected chi connectivity index (χ3v) is 9.93. The largest absolute Gasteiger partial charge is 0.254 e. The summed E-state index contributed by atoms with van der Waals surface area (Å²) in [6.45, 7) is 4.65. The molecule has 208 valence electrons. The van der Waals surface area contributed by atoms with E-state index in [2.05, 4.69) is 116 Å². The van der Waals surface area contributed by atoms with Gasteiger partial charge in [0.2, 0.25) is 0 Å². The molecule has 0 spiro atoms. The molecule has 44 heavy (non-hydrogen) atoms. The quantitative estimate of drug-likeness (QED) is 0.195. The molecule has 0 saturated heterocycles. The third-order valence-electron chi connectivity index (χ3n) is 8.77. The van der Waals surface area contributed by atoms with Crippen molar-refractivity contribution >= 4 is 33.6 Å². The van der Waals surface area contributed by atoms with E-state index in [4.69, 9.17) is 4.98 Å². The summed E-state index contributed by atoms with van der Waals surface area (Å²) in [6.07, 6.45) is 1.83. The van der Waals surface area contributed by atoms with E-state index in [-0.39, 0.29) is 5.41 Å². The number of aromatic nitrogens is 2. The number of pyridine rings is 2. The fourth-order valence-electron chi connectivity index (χ4n) is 6.35. The van der Waals surface area contributed by atoms with Crippen molar-refractivity contribution in [3.05, 3.63) is 144 Å². The van der Waals surface area contributed by atoms with Gasteiger partial charge in [-0.3, -0.25) is 4.98 Å². The lowest BCUT2D eigenvalue weighted by molar-refractivity contribution is 0.607. The molecule has 5 aromatic carbocycles. The molecule has 0 saturated carbocycles. The number of fused-ring (bicyclic) bond motifs is 5. The lowest BCUT2D eigenvalue weighted by atomic mass is 9.77. The Morgan fingerprint density at radius 1 is 0.591 bits per heavy atom. The van der Waals surface area contributed by atoms with Crippen LogP contribution in [0.15, 0.2) is 137 Å². The average Bonchev–Trinajstić information content (AvgIpc) is 3.08. The first-order valence-corrected chi connectivity index (χ1v) is 15.5. The van der Waals surface area contributed by atoms with Gasteiger partial charge in [0.1, 0.15) is 0 Å². The first-order valence-electron chi connectivity index (χ1n) is 14.7. The highest BCUT2D eigenvalue weighted by Gasteiger charge is 2.33. The molecule has 0 amide bonds. The van der Waals surface area contributed by atoms with E-state index in [1.165, 1.54) is 26.5 Å². The topological polar surface area (TPSA) is 49.6 Å². The minimum atomic E-state index is -0.116. The zero-order valence-electron chi connectivity index (χ0n) is 24.4. The second kappa shape index (κ2) is 10.2. The summed E-state index contributed by atoms with van der Waals surface area (Å²) in [5.41, 5.74) is 11.4. The second-order valence-electron chi connectivity index (χ2n) is 11.8. The molecular weight excluding hydrogens is 555 g/mol. The van der Waals surface area contributed by atoms with Crippen LogP contribution in [0, 0.1) is 11.3 Å². The van der Waals surface area contributed by atoms with E-state index in [0.29, 0.717) is 5.56 Å². The van der Waals surface area contributed by atoms with Crippen molar-refractivity contribution in [3.63, 3.8) is 0 Å². The van der Waals surface area contributed by atoms with Gasteiger partial charge in [0.25, 0.3) is 0 Å². The van der Waals surface area contributed by atoms with Crippen molar-refractivity contribution in [2.24, 2.45) is 0 Å². The third kappa shape index (κ3) is 4.37. The smallest absolute Gasteiger partial charge is 0.0991 e. The van der Waals surface area contributed by atoms with E-state index in [1.54, 1.807) is 0 Å². The van der Waals surface area contributed by atoms with E-state index in [9.17, 15) is 5.26 Å². The van der Waals surface area contributed by atoms with Crippen molar-refractivity contribution < 1.29 is 0 Å². The van der Waals surface area contributed by atoms with Crippen LogP contribution in [-0.4, -0.2) is 9.97 Å². The minimum Gasteiger partial charge on any atom is -0.254 e. The molecule has 0 bridgehead atoms. The zero-order valence-corrected chi connectivity index (χ0v) is 25.2. The Morgan fingerprint density at radius 3 is 2.09 bits per heavy atom. The molecule has 0 aliphatic carbocycles. The molecule has 3 heterocycles. The fraction of sp³-hybridized carbons (Fsp3) is 0.0750. The van der Waals surface area contributed by atoms with Crippen molar-refractivity contribution in [2.45, 2.75) is 29.1 Å². The van der Waals surface area contributed by atoms with Gasteiger partial charge in [-0.1, -0.05) is 86.3 Å². The highest BCUT2D eigenvalue weighted by molar-refractivity contribution is 7.99. The number of hydrogen-bond donors (Lipinski definition) is 0. The summed E-state index contributed by atoms with van der Waals surface area (Å²) in [5.74, 6) is 0. The molecular formula is C40H27N3S. The van der Waals surface area contributed by atoms with E-state index < -0.39 is 0 Å². The maximum atomic E-state index is 9.38. The van der Waals surface area contributed by atoms with Gasteiger partial charge in [0.05, 0.1) is 28.4 Å². The normalized spacial score (nSPS) is 13.3. The minimum absolute atomic E-state index is 0.116. The number of rotatable bonds is 3. The molecule has 0 fully saturated rings. The molecule has 0 unspecified atom stereocenters. The van der Waals surface area contributed by atoms with Crippen LogP contribution in [0.25, 0.3) is 55.3 Å². The monoisotopic (exact) mass is 581 g/mol. The summed E-state index contributed by atoms with van der Waals surface area (Å²) in [7, 11) is 0. The Kier molecular flexibility index (Phi) is 6.11. The van der Waals surface area contributed by atoms with Crippen molar-refractivity contribution in [1.82, 2.24) is 9.97 Å². The van der Waals surface area contributed by atoms with Crippen molar-refractivity contribution in [3.8, 4) is 39.6 Å². The van der Waals surface area contributed by atoms with Crippen LogP contribution in [0.5, 0.6) is 0 Å². The summed E-state index contributed by atoms with van der Waals surface area (Å²) < 4.78 is 0. The Balaban J connectivity index is 1.32. The van der Waals surface area contributed by atoms with Gasteiger partial charge in [-0.25, -0.2) is 4.98 Å². The van der Waals surface area contributed by atoms with Crippen LogP contribution in [0.2, 0.25) is 0 Å². The number of nitrogens with zero attached hydrogens (tertiary/aromatic N) is 3. The molecule has 4 heteroatoms. The van der Waals surface area contributed by atoms with Crippen LogP contribution in [0.4, 0.5) is 0 Å². The second-order valence-corrected chi connectivity index (χ2v) is 12.9. The van der Waals surface area contributed by atoms with Gasteiger partial charge in [0.15, 0.2) is 0 Å². The Hall–Kier alpha value is -5.24. The first kappa shape index (κ1) is 26.4. The number of nitriles is 1.